The number of nitrogens with zero attached hydrogens (tertiary/aromatic N) is 2. The smallest absolute Gasteiger partial charge is 0.338 e. The Balaban J connectivity index is 1.65. The number of rotatable bonds is 3. The molecular weight excluding hydrogens is 293 g/mol. The van der Waals surface area contributed by atoms with Crippen molar-refractivity contribution in [3.05, 3.63) is 35.4 Å². The summed E-state index contributed by atoms with van der Waals surface area (Å²) >= 11 is 0. The van der Waals surface area contributed by atoms with Gasteiger partial charge in [0.2, 0.25) is 0 Å². The van der Waals surface area contributed by atoms with E-state index in [4.69, 9.17) is 0 Å². The molecule has 1 heterocycles. The molecule has 1 unspecified atom stereocenters. The SMILES string of the molecule is CN(C)CC1[C@H]2CN(C(=O)c3cccc(C(F)(F)F)c3)C[C@@H]12. The first kappa shape index (κ1) is 15.3. The zero-order valence-corrected chi connectivity index (χ0v) is 12.6. The normalized spacial score (nSPS) is 27.2. The van der Waals surface area contributed by atoms with Gasteiger partial charge in [-0.2, -0.15) is 13.2 Å². The summed E-state index contributed by atoms with van der Waals surface area (Å²) in [6.07, 6.45) is -4.42. The standard InChI is InChI=1S/C16H19F3N2O/c1-20(2)7-12-13-8-21(9-14(12)13)15(22)10-4-3-5-11(6-10)16(17,18)19/h3-6,12-14H,7-9H2,1-2H3/t12?,13-,14+. The first-order valence-corrected chi connectivity index (χ1v) is 7.38. The molecule has 0 aromatic heterocycles. The average molecular weight is 312 g/mol. The fourth-order valence-corrected chi connectivity index (χ4v) is 3.52. The highest BCUT2D eigenvalue weighted by Gasteiger charge is 2.56. The summed E-state index contributed by atoms with van der Waals surface area (Å²) in [5, 5.41) is 0. The van der Waals surface area contributed by atoms with Crippen molar-refractivity contribution >= 4 is 5.91 Å². The topological polar surface area (TPSA) is 23.6 Å². The van der Waals surface area contributed by atoms with E-state index in [1.54, 1.807) is 4.90 Å². The molecule has 1 aromatic carbocycles. The number of carbonyl (C=O) groups excluding carboxylic acids is 1. The summed E-state index contributed by atoms with van der Waals surface area (Å²) in [6, 6.07) is 4.69. The highest BCUT2D eigenvalue weighted by Crippen LogP contribution is 2.52. The molecule has 3 nitrogen and oxygen atoms in total. The molecule has 120 valence electrons. The van der Waals surface area contributed by atoms with Gasteiger partial charge in [-0.3, -0.25) is 4.79 Å². The number of carbonyl (C=O) groups is 1. The number of piperidine rings is 1. The molecular formula is C16H19F3N2O. The van der Waals surface area contributed by atoms with Crippen molar-refractivity contribution in [2.75, 3.05) is 33.7 Å². The number of alkyl halides is 3. The van der Waals surface area contributed by atoms with E-state index in [1.165, 1.54) is 12.1 Å². The second kappa shape index (κ2) is 5.26. The summed E-state index contributed by atoms with van der Waals surface area (Å²) in [7, 11) is 4.05. The first-order valence-electron chi connectivity index (χ1n) is 7.38. The number of amides is 1. The Labute approximate surface area is 127 Å². The minimum atomic E-state index is -4.42. The van der Waals surface area contributed by atoms with Gasteiger partial charge < -0.3 is 9.80 Å². The Morgan fingerprint density at radius 3 is 2.45 bits per heavy atom. The van der Waals surface area contributed by atoms with Crippen molar-refractivity contribution in [2.24, 2.45) is 17.8 Å². The van der Waals surface area contributed by atoms with Crippen LogP contribution in [0, 0.1) is 17.8 Å². The van der Waals surface area contributed by atoms with Gasteiger partial charge in [-0.15, -0.1) is 0 Å². The van der Waals surface area contributed by atoms with Crippen molar-refractivity contribution < 1.29 is 18.0 Å². The molecule has 0 radical (unpaired) electrons. The van der Waals surface area contributed by atoms with Crippen LogP contribution in [0.5, 0.6) is 0 Å². The predicted octanol–water partition coefficient (Wildman–Crippen LogP) is 2.59. The number of hydrogen-bond acceptors (Lipinski definition) is 2. The highest BCUT2D eigenvalue weighted by molar-refractivity contribution is 5.94. The Kier molecular flexibility index (Phi) is 3.67. The van der Waals surface area contributed by atoms with Gasteiger partial charge in [0.15, 0.2) is 0 Å². The van der Waals surface area contributed by atoms with Crippen LogP contribution in [0.1, 0.15) is 15.9 Å². The molecule has 1 aromatic rings. The van der Waals surface area contributed by atoms with Crippen LogP contribution in [0.15, 0.2) is 24.3 Å². The van der Waals surface area contributed by atoms with Gasteiger partial charge in [0.1, 0.15) is 0 Å². The third-order valence-corrected chi connectivity index (χ3v) is 4.67. The van der Waals surface area contributed by atoms with Crippen molar-refractivity contribution in [1.29, 1.82) is 0 Å². The zero-order chi connectivity index (χ0) is 16.1. The summed E-state index contributed by atoms with van der Waals surface area (Å²) in [6.45, 7) is 2.34. The molecule has 1 amide bonds. The second-order valence-corrected chi connectivity index (χ2v) is 6.54. The minimum Gasteiger partial charge on any atom is -0.338 e. The predicted molar refractivity (Wildman–Crippen MR) is 76.4 cm³/mol. The van der Waals surface area contributed by atoms with Crippen molar-refractivity contribution in [1.82, 2.24) is 9.80 Å². The largest absolute Gasteiger partial charge is 0.416 e. The summed E-state index contributed by atoms with van der Waals surface area (Å²) < 4.78 is 38.2. The summed E-state index contributed by atoms with van der Waals surface area (Å²) in [5.74, 6) is 1.36. The Bertz CT molecular complexity index is 573. The third kappa shape index (κ3) is 2.84. The van der Waals surface area contributed by atoms with E-state index in [2.05, 4.69) is 4.90 Å². The lowest BCUT2D eigenvalue weighted by Crippen LogP contribution is -2.33. The first-order chi connectivity index (χ1) is 10.3. The highest BCUT2D eigenvalue weighted by atomic mass is 19.4. The second-order valence-electron chi connectivity index (χ2n) is 6.54. The van der Waals surface area contributed by atoms with Gasteiger partial charge in [-0.1, -0.05) is 6.07 Å². The number of benzene rings is 1. The van der Waals surface area contributed by atoms with Gasteiger partial charge in [-0.25, -0.2) is 0 Å². The monoisotopic (exact) mass is 312 g/mol. The van der Waals surface area contributed by atoms with Crippen molar-refractivity contribution in [3.8, 4) is 0 Å². The minimum absolute atomic E-state index is 0.125. The van der Waals surface area contributed by atoms with Crippen LogP contribution < -0.4 is 0 Å². The van der Waals surface area contributed by atoms with E-state index in [1.807, 2.05) is 14.1 Å². The van der Waals surface area contributed by atoms with E-state index in [9.17, 15) is 18.0 Å². The zero-order valence-electron chi connectivity index (χ0n) is 12.6. The van der Waals surface area contributed by atoms with Gasteiger partial charge in [0.05, 0.1) is 5.56 Å². The third-order valence-electron chi connectivity index (χ3n) is 4.67. The molecule has 0 N–H and O–H groups in total. The van der Waals surface area contributed by atoms with E-state index in [0.29, 0.717) is 30.8 Å². The lowest BCUT2D eigenvalue weighted by Gasteiger charge is -2.21. The number of halogens is 3. The molecule has 2 aliphatic rings. The number of likely N-dealkylation sites (tertiary alicyclic amines) is 1. The lowest BCUT2D eigenvalue weighted by molar-refractivity contribution is -0.137. The molecule has 22 heavy (non-hydrogen) atoms. The number of hydrogen-bond donors (Lipinski definition) is 0. The molecule has 1 saturated heterocycles. The molecule has 6 heteroatoms. The summed E-state index contributed by atoms with van der Waals surface area (Å²) in [4.78, 5) is 16.2. The Morgan fingerprint density at radius 2 is 1.91 bits per heavy atom. The van der Waals surface area contributed by atoms with E-state index in [0.717, 1.165) is 18.7 Å². The van der Waals surface area contributed by atoms with E-state index in [-0.39, 0.29) is 11.5 Å². The van der Waals surface area contributed by atoms with Crippen LogP contribution in [0.2, 0.25) is 0 Å². The van der Waals surface area contributed by atoms with Gasteiger partial charge in [0.25, 0.3) is 5.91 Å². The molecule has 1 aliphatic heterocycles. The average Bonchev–Trinajstić information content (AvgIpc) is 2.88. The van der Waals surface area contributed by atoms with E-state index < -0.39 is 11.7 Å². The van der Waals surface area contributed by atoms with Crippen LogP contribution in [-0.2, 0) is 6.18 Å². The maximum absolute atomic E-state index is 12.7. The van der Waals surface area contributed by atoms with Crippen LogP contribution in [0.3, 0.4) is 0 Å². The fourth-order valence-electron chi connectivity index (χ4n) is 3.52. The maximum atomic E-state index is 12.7. The van der Waals surface area contributed by atoms with Gasteiger partial charge in [-0.05, 0) is 50.0 Å². The van der Waals surface area contributed by atoms with Gasteiger partial charge in [0, 0.05) is 25.2 Å². The molecule has 3 atom stereocenters. The van der Waals surface area contributed by atoms with Crippen LogP contribution in [0.4, 0.5) is 13.2 Å². The molecule has 0 bridgehead atoms. The fraction of sp³-hybridized carbons (Fsp3) is 0.562. The molecule has 3 rings (SSSR count). The molecule has 1 aliphatic carbocycles. The van der Waals surface area contributed by atoms with Crippen LogP contribution in [0.25, 0.3) is 0 Å². The van der Waals surface area contributed by atoms with E-state index >= 15 is 0 Å². The number of fused-ring (bicyclic) bond motifs is 1. The lowest BCUT2D eigenvalue weighted by atomic mass is 10.1. The van der Waals surface area contributed by atoms with Crippen LogP contribution >= 0.6 is 0 Å². The van der Waals surface area contributed by atoms with Crippen molar-refractivity contribution in [3.63, 3.8) is 0 Å². The quantitative estimate of drug-likeness (QED) is 0.856. The molecule has 0 spiro atoms. The Hall–Kier alpha value is -1.56. The Morgan fingerprint density at radius 1 is 1.27 bits per heavy atom. The maximum Gasteiger partial charge on any atom is 0.416 e. The van der Waals surface area contributed by atoms with Crippen LogP contribution in [-0.4, -0.2) is 49.4 Å². The van der Waals surface area contributed by atoms with Crippen molar-refractivity contribution in [2.45, 2.75) is 6.18 Å². The summed E-state index contributed by atoms with van der Waals surface area (Å²) in [5.41, 5.74) is -0.645. The molecule has 2 fully saturated rings. The molecule has 1 saturated carbocycles. The van der Waals surface area contributed by atoms with Gasteiger partial charge >= 0.3 is 6.18 Å².